The topological polar surface area (TPSA) is 60.8 Å². The number of hydrogen-bond donors (Lipinski definition) is 1. The molecule has 3 aromatic rings. The molecule has 20 heavy (non-hydrogen) atoms. The lowest BCUT2D eigenvalue weighted by Gasteiger charge is -2.15. The summed E-state index contributed by atoms with van der Waals surface area (Å²) in [5.74, 6) is 1.76. The number of aromatic nitrogens is 4. The predicted octanol–water partition coefficient (Wildman–Crippen LogP) is 1.63. The second-order valence-electron chi connectivity index (χ2n) is 4.71. The molecule has 0 fully saturated rings. The summed E-state index contributed by atoms with van der Waals surface area (Å²) in [6.45, 7) is 0.652. The van der Waals surface area contributed by atoms with Crippen LogP contribution in [0.3, 0.4) is 0 Å². The number of hydrogen-bond acceptors (Lipinski definition) is 4. The van der Waals surface area contributed by atoms with E-state index < -0.39 is 0 Å². The molecule has 6 nitrogen and oxygen atoms in total. The van der Waals surface area contributed by atoms with Crippen molar-refractivity contribution in [2.45, 2.75) is 12.6 Å². The van der Waals surface area contributed by atoms with Gasteiger partial charge in [0.05, 0.1) is 12.0 Å². The van der Waals surface area contributed by atoms with E-state index in [0.29, 0.717) is 6.54 Å². The van der Waals surface area contributed by atoms with E-state index in [-0.39, 0.29) is 6.04 Å². The Bertz CT molecular complexity index is 667. The largest absolute Gasteiger partial charge is 0.467 e. The van der Waals surface area contributed by atoms with E-state index in [4.69, 9.17) is 4.42 Å². The van der Waals surface area contributed by atoms with Crippen LogP contribution in [-0.2, 0) is 20.6 Å². The molecule has 0 aliphatic carbocycles. The Morgan fingerprint density at radius 1 is 1.30 bits per heavy atom. The Kier molecular flexibility index (Phi) is 3.39. The molecule has 104 valence electrons. The van der Waals surface area contributed by atoms with Crippen molar-refractivity contribution >= 4 is 0 Å². The Morgan fingerprint density at radius 3 is 2.80 bits per heavy atom. The molecule has 0 aliphatic heterocycles. The zero-order chi connectivity index (χ0) is 13.9. The van der Waals surface area contributed by atoms with Gasteiger partial charge in [0.1, 0.15) is 17.6 Å². The maximum atomic E-state index is 5.53. The fourth-order valence-electron chi connectivity index (χ4n) is 2.19. The third-order valence-corrected chi connectivity index (χ3v) is 3.20. The smallest absolute Gasteiger partial charge is 0.133 e. The highest BCUT2D eigenvalue weighted by molar-refractivity contribution is 5.16. The molecule has 0 saturated carbocycles. The van der Waals surface area contributed by atoms with Crippen LogP contribution in [0.15, 0.2) is 47.5 Å². The molecule has 0 aromatic carbocycles. The summed E-state index contributed by atoms with van der Waals surface area (Å²) in [6, 6.07) is 5.73. The van der Waals surface area contributed by atoms with Gasteiger partial charge in [-0.15, -0.1) is 0 Å². The molecule has 0 saturated heterocycles. The van der Waals surface area contributed by atoms with E-state index in [9.17, 15) is 0 Å². The van der Waals surface area contributed by atoms with E-state index in [2.05, 4.69) is 15.4 Å². The van der Waals surface area contributed by atoms with Crippen molar-refractivity contribution < 1.29 is 4.42 Å². The van der Waals surface area contributed by atoms with Crippen molar-refractivity contribution in [3.63, 3.8) is 0 Å². The van der Waals surface area contributed by atoms with Crippen molar-refractivity contribution in [2.24, 2.45) is 14.1 Å². The average Bonchev–Trinajstić information content (AvgIpc) is 3.14. The van der Waals surface area contributed by atoms with Gasteiger partial charge in [0, 0.05) is 39.2 Å². The van der Waals surface area contributed by atoms with Crippen LogP contribution < -0.4 is 5.32 Å². The van der Waals surface area contributed by atoms with Crippen LogP contribution in [0.5, 0.6) is 0 Å². The maximum Gasteiger partial charge on any atom is 0.133 e. The molecule has 3 rings (SSSR count). The SMILES string of the molecule is Cn1ccc(CNC(c2ccco2)c2nccn2C)n1. The second kappa shape index (κ2) is 5.34. The van der Waals surface area contributed by atoms with E-state index in [1.54, 1.807) is 17.1 Å². The maximum absolute atomic E-state index is 5.53. The fraction of sp³-hybridized carbons (Fsp3) is 0.286. The molecule has 6 heteroatoms. The number of nitrogens with zero attached hydrogens (tertiary/aromatic N) is 4. The molecule has 0 radical (unpaired) electrons. The fourth-order valence-corrected chi connectivity index (χ4v) is 2.19. The number of imidazole rings is 1. The molecule has 3 aromatic heterocycles. The lowest BCUT2D eigenvalue weighted by molar-refractivity contribution is 0.427. The van der Waals surface area contributed by atoms with E-state index in [0.717, 1.165) is 17.3 Å². The van der Waals surface area contributed by atoms with Gasteiger partial charge in [-0.2, -0.15) is 5.10 Å². The predicted molar refractivity (Wildman–Crippen MR) is 73.8 cm³/mol. The molecule has 0 aliphatic rings. The number of rotatable bonds is 5. The second-order valence-corrected chi connectivity index (χ2v) is 4.71. The number of aryl methyl sites for hydroxylation is 2. The quantitative estimate of drug-likeness (QED) is 0.766. The third-order valence-electron chi connectivity index (χ3n) is 3.20. The highest BCUT2D eigenvalue weighted by Crippen LogP contribution is 2.21. The molecule has 1 unspecified atom stereocenters. The Morgan fingerprint density at radius 2 is 2.20 bits per heavy atom. The van der Waals surface area contributed by atoms with E-state index >= 15 is 0 Å². The summed E-state index contributed by atoms with van der Waals surface area (Å²) in [4.78, 5) is 4.40. The van der Waals surface area contributed by atoms with Crippen LogP contribution in [0.2, 0.25) is 0 Å². The van der Waals surface area contributed by atoms with Crippen LogP contribution in [-0.4, -0.2) is 19.3 Å². The van der Waals surface area contributed by atoms with Crippen LogP contribution >= 0.6 is 0 Å². The van der Waals surface area contributed by atoms with Crippen molar-refractivity contribution in [1.82, 2.24) is 24.6 Å². The van der Waals surface area contributed by atoms with Gasteiger partial charge in [0.25, 0.3) is 0 Å². The first-order valence-electron chi connectivity index (χ1n) is 6.46. The summed E-state index contributed by atoms with van der Waals surface area (Å²) < 4.78 is 9.30. The van der Waals surface area contributed by atoms with Gasteiger partial charge in [0.15, 0.2) is 0 Å². The molecular formula is C14H17N5O. The third kappa shape index (κ3) is 2.50. The van der Waals surface area contributed by atoms with Gasteiger partial charge in [-0.05, 0) is 18.2 Å². The number of nitrogens with one attached hydrogen (secondary N) is 1. The summed E-state index contributed by atoms with van der Waals surface area (Å²) in [6.07, 6.45) is 7.31. The minimum Gasteiger partial charge on any atom is -0.467 e. The first-order chi connectivity index (χ1) is 9.74. The van der Waals surface area contributed by atoms with E-state index in [1.807, 2.05) is 49.3 Å². The summed E-state index contributed by atoms with van der Waals surface area (Å²) >= 11 is 0. The zero-order valence-electron chi connectivity index (χ0n) is 11.5. The van der Waals surface area contributed by atoms with Crippen LogP contribution in [0.25, 0.3) is 0 Å². The number of furan rings is 1. The van der Waals surface area contributed by atoms with Crippen molar-refractivity contribution in [2.75, 3.05) is 0 Å². The molecule has 1 atom stereocenters. The van der Waals surface area contributed by atoms with Crippen LogP contribution in [0, 0.1) is 0 Å². The monoisotopic (exact) mass is 271 g/mol. The van der Waals surface area contributed by atoms with Crippen molar-refractivity contribution in [3.8, 4) is 0 Å². The Balaban J connectivity index is 1.81. The summed E-state index contributed by atoms with van der Waals surface area (Å²) in [7, 11) is 3.88. The van der Waals surface area contributed by atoms with Gasteiger partial charge >= 0.3 is 0 Å². The summed E-state index contributed by atoms with van der Waals surface area (Å²) in [5.41, 5.74) is 0.985. The Labute approximate surface area is 117 Å². The van der Waals surface area contributed by atoms with Gasteiger partial charge in [0.2, 0.25) is 0 Å². The average molecular weight is 271 g/mol. The molecule has 0 amide bonds. The molecule has 3 heterocycles. The van der Waals surface area contributed by atoms with Crippen molar-refractivity contribution in [1.29, 1.82) is 0 Å². The van der Waals surface area contributed by atoms with Crippen molar-refractivity contribution in [3.05, 3.63) is 60.3 Å². The Hall–Kier alpha value is -2.34. The first-order valence-corrected chi connectivity index (χ1v) is 6.46. The van der Waals surface area contributed by atoms with E-state index in [1.165, 1.54) is 0 Å². The normalized spacial score (nSPS) is 12.7. The molecule has 0 bridgehead atoms. The highest BCUT2D eigenvalue weighted by Gasteiger charge is 2.20. The minimum atomic E-state index is -0.0907. The lowest BCUT2D eigenvalue weighted by atomic mass is 10.2. The first kappa shape index (κ1) is 12.7. The van der Waals surface area contributed by atoms with Gasteiger partial charge in [-0.25, -0.2) is 4.98 Å². The highest BCUT2D eigenvalue weighted by atomic mass is 16.3. The van der Waals surface area contributed by atoms with Crippen LogP contribution in [0.4, 0.5) is 0 Å². The van der Waals surface area contributed by atoms with Gasteiger partial charge < -0.3 is 8.98 Å². The summed E-state index contributed by atoms with van der Waals surface area (Å²) in [5, 5.41) is 7.81. The van der Waals surface area contributed by atoms with Gasteiger partial charge in [-0.3, -0.25) is 10.00 Å². The zero-order valence-corrected chi connectivity index (χ0v) is 11.5. The van der Waals surface area contributed by atoms with Gasteiger partial charge in [-0.1, -0.05) is 0 Å². The van der Waals surface area contributed by atoms with Crippen LogP contribution in [0.1, 0.15) is 23.3 Å². The molecule has 0 spiro atoms. The minimum absolute atomic E-state index is 0.0907. The standard InChI is InChI=1S/C14H17N5O/c1-18-8-6-15-14(18)13(12-4-3-9-20-12)16-10-11-5-7-19(2)17-11/h3-9,13,16H,10H2,1-2H3. The molecule has 1 N–H and O–H groups in total. The molecular weight excluding hydrogens is 254 g/mol. The lowest BCUT2D eigenvalue weighted by Crippen LogP contribution is -2.24.